The van der Waals surface area contributed by atoms with Gasteiger partial charge in [0.1, 0.15) is 0 Å². The van der Waals surface area contributed by atoms with Crippen molar-refractivity contribution in [2.45, 2.75) is 44.9 Å². The van der Waals surface area contributed by atoms with Crippen molar-refractivity contribution in [1.29, 1.82) is 0 Å². The Labute approximate surface area is 88.4 Å². The summed E-state index contributed by atoms with van der Waals surface area (Å²) >= 11 is 4.04. The molecule has 0 aromatic heterocycles. The van der Waals surface area contributed by atoms with Crippen LogP contribution in [-0.2, 0) is 4.74 Å². The highest BCUT2D eigenvalue weighted by atomic mass is 32.1. The van der Waals surface area contributed by atoms with E-state index in [9.17, 15) is 13.2 Å². The van der Waals surface area contributed by atoms with Crippen molar-refractivity contribution in [3.63, 3.8) is 0 Å². The lowest BCUT2D eigenvalue weighted by Gasteiger charge is -2.15. The number of ether oxygens (including phenoxy) is 1. The summed E-state index contributed by atoms with van der Waals surface area (Å²) in [6, 6.07) is 0. The molecule has 0 amide bonds. The van der Waals surface area contributed by atoms with Crippen molar-refractivity contribution >= 4 is 12.6 Å². The summed E-state index contributed by atoms with van der Waals surface area (Å²) in [4.78, 5) is 0. The van der Waals surface area contributed by atoms with Crippen LogP contribution in [0.1, 0.15) is 32.6 Å². The molecule has 0 aromatic carbocycles. The van der Waals surface area contributed by atoms with Crippen molar-refractivity contribution < 1.29 is 17.9 Å². The number of hydrogen-bond donors (Lipinski definition) is 1. The molecule has 0 N–H and O–H groups in total. The minimum Gasteiger partial charge on any atom is -0.369 e. The molecule has 0 saturated carbocycles. The lowest BCUT2D eigenvalue weighted by Crippen LogP contribution is -2.28. The molecule has 5 heteroatoms. The second-order valence-electron chi connectivity index (χ2n) is 3.19. The van der Waals surface area contributed by atoms with Crippen LogP contribution < -0.4 is 0 Å². The van der Waals surface area contributed by atoms with E-state index in [1.165, 1.54) is 0 Å². The van der Waals surface area contributed by atoms with Crippen LogP contribution in [0.25, 0.3) is 0 Å². The molecular weight excluding hydrogens is 213 g/mol. The molecule has 1 nitrogen and oxygen atoms in total. The highest BCUT2D eigenvalue weighted by Crippen LogP contribution is 2.22. The van der Waals surface area contributed by atoms with Crippen molar-refractivity contribution in [2.75, 3.05) is 12.4 Å². The van der Waals surface area contributed by atoms with Gasteiger partial charge >= 0.3 is 6.18 Å². The van der Waals surface area contributed by atoms with Gasteiger partial charge in [-0.05, 0) is 25.5 Å². The fourth-order valence-electron chi connectivity index (χ4n) is 0.922. The highest BCUT2D eigenvalue weighted by Gasteiger charge is 2.36. The number of unbranched alkanes of at least 4 members (excludes halogenated alkanes) is 3. The zero-order valence-electron chi connectivity index (χ0n) is 8.31. The van der Waals surface area contributed by atoms with Crippen molar-refractivity contribution in [1.82, 2.24) is 0 Å². The molecule has 0 radical (unpaired) electrons. The topological polar surface area (TPSA) is 9.23 Å². The number of halogens is 3. The molecule has 1 atom stereocenters. The van der Waals surface area contributed by atoms with E-state index in [0.29, 0.717) is 6.42 Å². The summed E-state index contributed by atoms with van der Waals surface area (Å²) in [7, 11) is 0. The fourth-order valence-corrected chi connectivity index (χ4v) is 1.15. The first-order chi connectivity index (χ1) is 6.48. The minimum atomic E-state index is -4.23. The van der Waals surface area contributed by atoms with Crippen LogP contribution in [0.15, 0.2) is 0 Å². The molecule has 0 saturated heterocycles. The van der Waals surface area contributed by atoms with E-state index < -0.39 is 12.3 Å². The zero-order chi connectivity index (χ0) is 11.0. The zero-order valence-corrected chi connectivity index (χ0v) is 9.20. The Hall–Kier alpha value is 0.100. The Balaban J connectivity index is 3.28. The molecule has 14 heavy (non-hydrogen) atoms. The summed E-state index contributed by atoms with van der Waals surface area (Å²) in [5.41, 5.74) is 0. The Morgan fingerprint density at radius 2 is 1.71 bits per heavy atom. The van der Waals surface area contributed by atoms with Gasteiger partial charge in [-0.1, -0.05) is 12.8 Å². The third-order valence-corrected chi connectivity index (χ3v) is 2.20. The van der Waals surface area contributed by atoms with Crippen molar-refractivity contribution in [2.24, 2.45) is 0 Å². The molecule has 0 fully saturated rings. The van der Waals surface area contributed by atoms with Gasteiger partial charge < -0.3 is 4.74 Å². The summed E-state index contributed by atoms with van der Waals surface area (Å²) in [5.74, 6) is 0.833. The first-order valence-electron chi connectivity index (χ1n) is 4.77. The molecule has 0 rings (SSSR count). The number of rotatable bonds is 7. The van der Waals surface area contributed by atoms with Gasteiger partial charge in [0.05, 0.1) is 0 Å². The Morgan fingerprint density at radius 3 is 2.21 bits per heavy atom. The third-order valence-electron chi connectivity index (χ3n) is 1.88. The predicted octanol–water partition coefficient (Wildman–Crippen LogP) is 3.44. The van der Waals surface area contributed by atoms with E-state index in [2.05, 4.69) is 17.4 Å². The van der Waals surface area contributed by atoms with Gasteiger partial charge in [-0.15, -0.1) is 0 Å². The maximum absolute atomic E-state index is 11.9. The van der Waals surface area contributed by atoms with Crippen LogP contribution in [0.4, 0.5) is 13.2 Å². The fraction of sp³-hybridized carbons (Fsp3) is 1.00. The van der Waals surface area contributed by atoms with Crippen molar-refractivity contribution in [3.8, 4) is 0 Å². The maximum Gasteiger partial charge on any atom is 0.414 e. The molecule has 0 heterocycles. The standard InChI is InChI=1S/C9H17F3OS/c1-8(9(10,11)12)13-6-4-2-3-5-7-14/h8,14H,2-7H2,1H3. The van der Waals surface area contributed by atoms with Crippen molar-refractivity contribution in [3.05, 3.63) is 0 Å². The molecule has 0 spiro atoms. The molecule has 86 valence electrons. The molecule has 0 aliphatic heterocycles. The quantitative estimate of drug-likeness (QED) is 0.520. The van der Waals surface area contributed by atoms with Gasteiger partial charge in [-0.3, -0.25) is 0 Å². The SMILES string of the molecule is CC(OCCCCCCS)C(F)(F)F. The molecule has 0 aromatic rings. The van der Waals surface area contributed by atoms with Gasteiger partial charge in [0.15, 0.2) is 6.10 Å². The molecule has 0 aliphatic rings. The van der Waals surface area contributed by atoms with Gasteiger partial charge in [-0.25, -0.2) is 0 Å². The molecule has 1 unspecified atom stereocenters. The van der Waals surface area contributed by atoms with E-state index in [-0.39, 0.29) is 6.61 Å². The summed E-state index contributed by atoms with van der Waals surface area (Å²) in [6.45, 7) is 1.22. The molecule has 0 aliphatic carbocycles. The van der Waals surface area contributed by atoms with E-state index in [1.54, 1.807) is 0 Å². The van der Waals surface area contributed by atoms with Gasteiger partial charge in [0, 0.05) is 6.61 Å². The Kier molecular flexibility index (Phi) is 7.45. The van der Waals surface area contributed by atoms with E-state index in [1.807, 2.05) is 0 Å². The third kappa shape index (κ3) is 7.50. The van der Waals surface area contributed by atoms with Gasteiger partial charge in [0.2, 0.25) is 0 Å². The normalized spacial score (nSPS) is 14.4. The van der Waals surface area contributed by atoms with Gasteiger partial charge in [-0.2, -0.15) is 25.8 Å². The average Bonchev–Trinajstić information content (AvgIpc) is 2.09. The highest BCUT2D eigenvalue weighted by molar-refractivity contribution is 7.80. The minimum absolute atomic E-state index is 0.188. The second-order valence-corrected chi connectivity index (χ2v) is 3.64. The average molecular weight is 230 g/mol. The van der Waals surface area contributed by atoms with Crippen LogP contribution in [0, 0.1) is 0 Å². The summed E-state index contributed by atoms with van der Waals surface area (Å²) < 4.78 is 40.5. The summed E-state index contributed by atoms with van der Waals surface area (Å²) in [5, 5.41) is 0. The number of alkyl halides is 3. The molecule has 0 bridgehead atoms. The van der Waals surface area contributed by atoms with Crippen LogP contribution in [0.3, 0.4) is 0 Å². The van der Waals surface area contributed by atoms with Crippen LogP contribution in [0.2, 0.25) is 0 Å². The summed E-state index contributed by atoms with van der Waals surface area (Å²) in [6.07, 6.45) is -2.26. The smallest absolute Gasteiger partial charge is 0.369 e. The van der Waals surface area contributed by atoms with E-state index in [4.69, 9.17) is 0 Å². The van der Waals surface area contributed by atoms with E-state index in [0.717, 1.165) is 31.9 Å². The first kappa shape index (κ1) is 14.1. The largest absolute Gasteiger partial charge is 0.414 e. The van der Waals surface area contributed by atoms with Crippen LogP contribution in [0.5, 0.6) is 0 Å². The first-order valence-corrected chi connectivity index (χ1v) is 5.41. The van der Waals surface area contributed by atoms with E-state index >= 15 is 0 Å². The van der Waals surface area contributed by atoms with Gasteiger partial charge in [0.25, 0.3) is 0 Å². The number of thiol groups is 1. The molecular formula is C9H17F3OS. The van der Waals surface area contributed by atoms with Crippen LogP contribution in [-0.4, -0.2) is 24.6 Å². The lowest BCUT2D eigenvalue weighted by molar-refractivity contribution is -0.214. The monoisotopic (exact) mass is 230 g/mol. The lowest BCUT2D eigenvalue weighted by atomic mass is 10.2. The Morgan fingerprint density at radius 1 is 1.14 bits per heavy atom. The predicted molar refractivity (Wildman–Crippen MR) is 53.8 cm³/mol. The Bertz CT molecular complexity index is 139. The number of hydrogen-bond acceptors (Lipinski definition) is 2. The second kappa shape index (κ2) is 7.40. The maximum atomic E-state index is 11.9. The van der Waals surface area contributed by atoms with Crippen LogP contribution >= 0.6 is 12.6 Å².